The van der Waals surface area contributed by atoms with Gasteiger partial charge in [-0.1, -0.05) is 6.07 Å². The summed E-state index contributed by atoms with van der Waals surface area (Å²) in [5, 5.41) is 9.28. The lowest BCUT2D eigenvalue weighted by Gasteiger charge is -2.38. The largest absolute Gasteiger partial charge is 0.490 e. The van der Waals surface area contributed by atoms with Gasteiger partial charge in [-0.25, -0.2) is 4.79 Å². The summed E-state index contributed by atoms with van der Waals surface area (Å²) in [6.45, 7) is 4.89. The van der Waals surface area contributed by atoms with E-state index >= 15 is 0 Å². The highest BCUT2D eigenvalue weighted by Crippen LogP contribution is 2.42. The van der Waals surface area contributed by atoms with Gasteiger partial charge in [0, 0.05) is 25.5 Å². The van der Waals surface area contributed by atoms with Crippen molar-refractivity contribution >= 4 is 23.2 Å². The standard InChI is InChI=1S/C18H28N2O3S.C2HF3O2/c1-19(2)17(21)13-22-12-15-10-18(14-23-15)5-7-20(8-6-18)11-16-4-3-9-24-16;3-2(4,5)1(6)7/h3-4,9,15H,5-8,10-14H2,1-2H3;(H,6,7). The van der Waals surface area contributed by atoms with Gasteiger partial charge in [-0.05, 0) is 49.2 Å². The molecule has 0 aromatic carbocycles. The number of piperidine rings is 1. The molecule has 0 saturated carbocycles. The van der Waals surface area contributed by atoms with Gasteiger partial charge >= 0.3 is 12.1 Å². The summed E-state index contributed by atoms with van der Waals surface area (Å²) < 4.78 is 43.2. The summed E-state index contributed by atoms with van der Waals surface area (Å²) in [4.78, 5) is 26.0. The van der Waals surface area contributed by atoms with E-state index in [0.717, 1.165) is 32.7 Å². The molecule has 176 valence electrons. The van der Waals surface area contributed by atoms with Crippen molar-refractivity contribution in [1.29, 1.82) is 0 Å². The van der Waals surface area contributed by atoms with Crippen molar-refractivity contribution in [2.45, 2.75) is 38.1 Å². The average molecular weight is 467 g/mol. The molecule has 1 atom stereocenters. The van der Waals surface area contributed by atoms with Crippen LogP contribution in [0.4, 0.5) is 13.2 Å². The molecule has 0 bridgehead atoms. The van der Waals surface area contributed by atoms with E-state index in [2.05, 4.69) is 22.4 Å². The van der Waals surface area contributed by atoms with Crippen LogP contribution in [-0.4, -0.2) is 86.1 Å². The molecule has 0 radical (unpaired) electrons. The van der Waals surface area contributed by atoms with E-state index in [1.165, 1.54) is 17.7 Å². The Morgan fingerprint density at radius 3 is 2.52 bits per heavy atom. The van der Waals surface area contributed by atoms with E-state index < -0.39 is 12.1 Å². The van der Waals surface area contributed by atoms with Crippen LogP contribution in [0.3, 0.4) is 0 Å². The Labute approximate surface area is 183 Å². The number of aliphatic carboxylic acids is 1. The molecule has 7 nitrogen and oxygen atoms in total. The van der Waals surface area contributed by atoms with Crippen molar-refractivity contribution in [1.82, 2.24) is 9.80 Å². The highest BCUT2D eigenvalue weighted by molar-refractivity contribution is 7.09. The summed E-state index contributed by atoms with van der Waals surface area (Å²) >= 11 is 1.84. The Morgan fingerprint density at radius 2 is 2.00 bits per heavy atom. The van der Waals surface area contributed by atoms with E-state index in [0.29, 0.717) is 12.0 Å². The number of ether oxygens (including phenoxy) is 2. The fourth-order valence-electron chi connectivity index (χ4n) is 3.57. The van der Waals surface area contributed by atoms with Gasteiger partial charge < -0.3 is 19.5 Å². The van der Waals surface area contributed by atoms with Crippen LogP contribution in [0.2, 0.25) is 0 Å². The van der Waals surface area contributed by atoms with Crippen molar-refractivity contribution in [2.75, 3.05) is 47.0 Å². The summed E-state index contributed by atoms with van der Waals surface area (Å²) in [6.07, 6.45) is -1.48. The van der Waals surface area contributed by atoms with Crippen LogP contribution < -0.4 is 0 Å². The SMILES string of the molecule is CN(C)C(=O)COCC1CC2(CCN(Cc3cccs3)CC2)CO1.O=C(O)C(F)(F)F. The summed E-state index contributed by atoms with van der Waals surface area (Å²) in [7, 11) is 3.49. The number of alkyl halides is 3. The van der Waals surface area contributed by atoms with E-state index in [1.54, 1.807) is 19.0 Å². The van der Waals surface area contributed by atoms with Gasteiger partial charge in [0.15, 0.2) is 0 Å². The lowest BCUT2D eigenvalue weighted by molar-refractivity contribution is -0.192. The molecular weight excluding hydrogens is 437 g/mol. The number of rotatable bonds is 6. The molecule has 1 amide bonds. The zero-order chi connectivity index (χ0) is 23.1. The van der Waals surface area contributed by atoms with Crippen molar-refractivity contribution in [3.8, 4) is 0 Å². The second-order valence-corrected chi connectivity index (χ2v) is 9.13. The van der Waals surface area contributed by atoms with Gasteiger partial charge in [-0.2, -0.15) is 13.2 Å². The number of carbonyl (C=O) groups excluding carboxylic acids is 1. The minimum atomic E-state index is -5.08. The maximum absolute atomic E-state index is 11.5. The van der Waals surface area contributed by atoms with Crippen LogP contribution in [0.1, 0.15) is 24.1 Å². The predicted octanol–water partition coefficient (Wildman–Crippen LogP) is 2.86. The minimum Gasteiger partial charge on any atom is -0.475 e. The molecule has 31 heavy (non-hydrogen) atoms. The monoisotopic (exact) mass is 466 g/mol. The fourth-order valence-corrected chi connectivity index (χ4v) is 4.31. The number of halogens is 3. The molecule has 2 aliphatic heterocycles. The number of likely N-dealkylation sites (N-methyl/N-ethyl adjacent to an activating group) is 1. The number of nitrogens with zero attached hydrogens (tertiary/aromatic N) is 2. The zero-order valence-electron chi connectivity index (χ0n) is 17.7. The lowest BCUT2D eigenvalue weighted by Crippen LogP contribution is -2.40. The molecule has 0 aliphatic carbocycles. The number of carbonyl (C=O) groups is 2. The molecular formula is C20H29F3N2O5S. The van der Waals surface area contributed by atoms with Crippen LogP contribution in [0, 0.1) is 5.41 Å². The maximum atomic E-state index is 11.5. The van der Waals surface area contributed by atoms with E-state index in [-0.39, 0.29) is 18.6 Å². The number of hydrogen-bond donors (Lipinski definition) is 1. The molecule has 1 spiro atoms. The topological polar surface area (TPSA) is 79.3 Å². The van der Waals surface area contributed by atoms with E-state index in [4.69, 9.17) is 19.4 Å². The van der Waals surface area contributed by atoms with Crippen molar-refractivity contribution in [2.24, 2.45) is 5.41 Å². The highest BCUT2D eigenvalue weighted by atomic mass is 32.1. The number of carboxylic acids is 1. The molecule has 3 heterocycles. The van der Waals surface area contributed by atoms with E-state index in [9.17, 15) is 18.0 Å². The molecule has 2 saturated heterocycles. The van der Waals surface area contributed by atoms with Gasteiger partial charge in [0.2, 0.25) is 5.91 Å². The Hall–Kier alpha value is -1.69. The molecule has 1 unspecified atom stereocenters. The summed E-state index contributed by atoms with van der Waals surface area (Å²) in [6, 6.07) is 4.35. The Balaban J connectivity index is 0.000000423. The van der Waals surface area contributed by atoms with Gasteiger partial charge in [-0.15, -0.1) is 11.3 Å². The van der Waals surface area contributed by atoms with Crippen LogP contribution in [0.15, 0.2) is 17.5 Å². The van der Waals surface area contributed by atoms with Crippen molar-refractivity contribution < 1.29 is 37.3 Å². The molecule has 11 heteroatoms. The first kappa shape index (κ1) is 25.6. The van der Waals surface area contributed by atoms with Crippen LogP contribution in [0.25, 0.3) is 0 Å². The molecule has 3 rings (SSSR count). The maximum Gasteiger partial charge on any atom is 0.490 e. The van der Waals surface area contributed by atoms with Crippen molar-refractivity contribution in [3.05, 3.63) is 22.4 Å². The molecule has 2 fully saturated rings. The first-order chi connectivity index (χ1) is 14.5. The number of hydrogen-bond acceptors (Lipinski definition) is 6. The van der Waals surface area contributed by atoms with Gasteiger partial charge in [0.1, 0.15) is 6.61 Å². The smallest absolute Gasteiger partial charge is 0.475 e. The molecule has 1 aromatic rings. The lowest BCUT2D eigenvalue weighted by atomic mass is 9.76. The molecule has 1 aromatic heterocycles. The van der Waals surface area contributed by atoms with Crippen LogP contribution in [0.5, 0.6) is 0 Å². The van der Waals surface area contributed by atoms with Gasteiger partial charge in [-0.3, -0.25) is 9.69 Å². The first-order valence-corrected chi connectivity index (χ1v) is 10.8. The van der Waals surface area contributed by atoms with Gasteiger partial charge in [0.25, 0.3) is 0 Å². The molecule has 2 aliphatic rings. The fraction of sp³-hybridized carbons (Fsp3) is 0.700. The minimum absolute atomic E-state index is 0.00426. The van der Waals surface area contributed by atoms with Crippen molar-refractivity contribution in [3.63, 3.8) is 0 Å². The Morgan fingerprint density at radius 1 is 1.35 bits per heavy atom. The zero-order valence-corrected chi connectivity index (χ0v) is 18.5. The quantitative estimate of drug-likeness (QED) is 0.695. The first-order valence-electron chi connectivity index (χ1n) is 9.95. The number of carboxylic acid groups (broad SMARTS) is 1. The third-order valence-corrected chi connectivity index (χ3v) is 6.29. The third kappa shape index (κ3) is 8.40. The van der Waals surface area contributed by atoms with Gasteiger partial charge in [0.05, 0.1) is 19.3 Å². The number of likely N-dealkylation sites (tertiary alicyclic amines) is 1. The Kier molecular flexibility index (Phi) is 9.28. The van der Waals surface area contributed by atoms with Crippen LogP contribution in [-0.2, 0) is 25.6 Å². The Bertz CT molecular complexity index is 704. The number of amides is 1. The summed E-state index contributed by atoms with van der Waals surface area (Å²) in [5.41, 5.74) is 0.325. The third-order valence-electron chi connectivity index (χ3n) is 5.43. The van der Waals surface area contributed by atoms with E-state index in [1.807, 2.05) is 11.3 Å². The second kappa shape index (κ2) is 11.3. The summed E-state index contributed by atoms with van der Waals surface area (Å²) in [5.74, 6) is -2.75. The molecule has 1 N–H and O–H groups in total. The average Bonchev–Trinajstić information content (AvgIpc) is 3.34. The highest BCUT2D eigenvalue weighted by Gasteiger charge is 2.42. The normalized spacial score (nSPS) is 20.9. The number of thiophene rings is 1. The predicted molar refractivity (Wildman–Crippen MR) is 109 cm³/mol. The van der Waals surface area contributed by atoms with Crippen LogP contribution >= 0.6 is 11.3 Å². The second-order valence-electron chi connectivity index (χ2n) is 8.10.